The summed E-state index contributed by atoms with van der Waals surface area (Å²) in [6.45, 7) is 6.97. The number of nitrogens with one attached hydrogen (secondary N) is 2. The van der Waals surface area contributed by atoms with Crippen LogP contribution >= 0.6 is 0 Å². The Morgan fingerprint density at radius 3 is 2.50 bits per heavy atom. The predicted molar refractivity (Wildman–Crippen MR) is 124 cm³/mol. The third-order valence-electron chi connectivity index (χ3n) is 7.11. The molecule has 0 aromatic rings. The minimum atomic E-state index is -0.428. The number of likely N-dealkylation sites (tertiary alicyclic amines) is 1. The number of amides is 1. The fraction of sp³-hybridized carbons (Fsp3) is 0.958. The van der Waals surface area contributed by atoms with Crippen LogP contribution in [0.15, 0.2) is 0 Å². The molecular weight excluding hydrogens is 376 g/mol. The number of nitrogens with two attached hydrogens (primary N) is 1. The maximum atomic E-state index is 11.8. The maximum absolute atomic E-state index is 11.8. The highest BCUT2D eigenvalue weighted by molar-refractivity contribution is 5.75. The number of rotatable bonds is 15. The van der Waals surface area contributed by atoms with E-state index in [1.54, 1.807) is 0 Å². The summed E-state index contributed by atoms with van der Waals surface area (Å²) < 4.78 is 0. The van der Waals surface area contributed by atoms with Gasteiger partial charge < -0.3 is 21.1 Å². The first-order valence-corrected chi connectivity index (χ1v) is 12.7. The summed E-state index contributed by atoms with van der Waals surface area (Å²) in [5.41, 5.74) is 5.46. The van der Waals surface area contributed by atoms with Crippen LogP contribution in [0.4, 0.5) is 0 Å². The first kappa shape index (κ1) is 25.6. The summed E-state index contributed by atoms with van der Waals surface area (Å²) in [5.74, 6) is 1.66. The van der Waals surface area contributed by atoms with Crippen molar-refractivity contribution in [1.82, 2.24) is 15.5 Å². The lowest BCUT2D eigenvalue weighted by Gasteiger charge is -2.30. The SMILES string of the molecule is CC(CCC(O)N[C@@H](CCCNC(=O)CCCN)CN1CCCC1)C1CCCCC1. The van der Waals surface area contributed by atoms with Gasteiger partial charge in [0.05, 0.1) is 0 Å². The van der Waals surface area contributed by atoms with Gasteiger partial charge in [0.25, 0.3) is 0 Å². The van der Waals surface area contributed by atoms with Gasteiger partial charge in [-0.1, -0.05) is 39.0 Å². The Morgan fingerprint density at radius 2 is 1.80 bits per heavy atom. The summed E-state index contributed by atoms with van der Waals surface area (Å²) in [7, 11) is 0. The van der Waals surface area contributed by atoms with Crippen molar-refractivity contribution in [1.29, 1.82) is 0 Å². The van der Waals surface area contributed by atoms with Crippen LogP contribution in [0, 0.1) is 11.8 Å². The van der Waals surface area contributed by atoms with Crippen molar-refractivity contribution in [3.63, 3.8) is 0 Å². The van der Waals surface area contributed by atoms with Gasteiger partial charge in [-0.2, -0.15) is 0 Å². The molecule has 0 bridgehead atoms. The quantitative estimate of drug-likeness (QED) is 0.240. The van der Waals surface area contributed by atoms with E-state index >= 15 is 0 Å². The van der Waals surface area contributed by atoms with Crippen LogP contribution in [-0.2, 0) is 4.79 Å². The molecule has 1 saturated carbocycles. The first-order chi connectivity index (χ1) is 14.6. The average molecular weight is 425 g/mol. The molecule has 1 saturated heterocycles. The Balaban J connectivity index is 1.69. The molecule has 30 heavy (non-hydrogen) atoms. The van der Waals surface area contributed by atoms with E-state index in [1.807, 2.05) is 0 Å². The molecule has 6 heteroatoms. The molecule has 176 valence electrons. The van der Waals surface area contributed by atoms with Crippen molar-refractivity contribution >= 4 is 5.91 Å². The number of carbonyl (C=O) groups is 1. The van der Waals surface area contributed by atoms with Crippen molar-refractivity contribution in [2.24, 2.45) is 17.6 Å². The third-order valence-corrected chi connectivity index (χ3v) is 7.11. The van der Waals surface area contributed by atoms with Crippen molar-refractivity contribution in [2.75, 3.05) is 32.7 Å². The molecule has 2 unspecified atom stereocenters. The molecule has 1 heterocycles. The van der Waals surface area contributed by atoms with Gasteiger partial charge in [-0.15, -0.1) is 0 Å². The molecule has 2 rings (SSSR count). The topological polar surface area (TPSA) is 90.6 Å². The summed E-state index contributed by atoms with van der Waals surface area (Å²) in [6.07, 6.45) is 14.2. The van der Waals surface area contributed by atoms with Crippen molar-refractivity contribution in [2.45, 2.75) is 103 Å². The molecule has 2 aliphatic rings. The summed E-state index contributed by atoms with van der Waals surface area (Å²) in [5, 5.41) is 17.2. The second kappa shape index (κ2) is 15.2. The van der Waals surface area contributed by atoms with E-state index < -0.39 is 6.23 Å². The lowest BCUT2D eigenvalue weighted by molar-refractivity contribution is -0.121. The molecule has 1 amide bonds. The van der Waals surface area contributed by atoms with E-state index in [0.29, 0.717) is 25.4 Å². The summed E-state index contributed by atoms with van der Waals surface area (Å²) >= 11 is 0. The van der Waals surface area contributed by atoms with Crippen molar-refractivity contribution in [3.05, 3.63) is 0 Å². The highest BCUT2D eigenvalue weighted by atomic mass is 16.3. The van der Waals surface area contributed by atoms with Crippen LogP contribution in [0.2, 0.25) is 0 Å². The van der Waals surface area contributed by atoms with Crippen LogP contribution in [0.3, 0.4) is 0 Å². The molecule has 0 aromatic carbocycles. The molecule has 0 spiro atoms. The van der Waals surface area contributed by atoms with Gasteiger partial charge in [-0.25, -0.2) is 0 Å². The molecule has 1 aliphatic carbocycles. The second-order valence-electron chi connectivity index (χ2n) is 9.72. The van der Waals surface area contributed by atoms with Crippen LogP contribution < -0.4 is 16.4 Å². The van der Waals surface area contributed by atoms with Gasteiger partial charge in [0, 0.05) is 25.6 Å². The van der Waals surface area contributed by atoms with Crippen LogP contribution in [0.25, 0.3) is 0 Å². The third kappa shape index (κ3) is 10.6. The van der Waals surface area contributed by atoms with E-state index in [1.165, 1.54) is 58.0 Å². The van der Waals surface area contributed by atoms with E-state index in [4.69, 9.17) is 5.73 Å². The number of aliphatic hydroxyl groups is 1. The monoisotopic (exact) mass is 424 g/mol. The maximum Gasteiger partial charge on any atom is 0.220 e. The smallest absolute Gasteiger partial charge is 0.220 e. The fourth-order valence-corrected chi connectivity index (χ4v) is 5.15. The molecule has 3 atom stereocenters. The molecule has 5 N–H and O–H groups in total. The van der Waals surface area contributed by atoms with Crippen molar-refractivity contribution in [3.8, 4) is 0 Å². The zero-order valence-electron chi connectivity index (χ0n) is 19.4. The average Bonchev–Trinajstić information content (AvgIpc) is 3.27. The van der Waals surface area contributed by atoms with Crippen molar-refractivity contribution < 1.29 is 9.90 Å². The highest BCUT2D eigenvalue weighted by Crippen LogP contribution is 2.32. The van der Waals surface area contributed by atoms with Crippen LogP contribution in [0.5, 0.6) is 0 Å². The zero-order valence-corrected chi connectivity index (χ0v) is 19.4. The predicted octanol–water partition coefficient (Wildman–Crippen LogP) is 2.99. The number of hydrogen-bond donors (Lipinski definition) is 4. The van der Waals surface area contributed by atoms with Gasteiger partial charge in [0.15, 0.2) is 0 Å². The molecule has 1 aliphatic heterocycles. The molecular formula is C24H48N4O2. The second-order valence-corrected chi connectivity index (χ2v) is 9.72. The Labute approximate surface area is 184 Å². The number of nitrogens with zero attached hydrogens (tertiary/aromatic N) is 1. The first-order valence-electron chi connectivity index (χ1n) is 12.7. The minimum Gasteiger partial charge on any atom is -0.379 e. The van der Waals surface area contributed by atoms with E-state index in [2.05, 4.69) is 22.5 Å². The number of aliphatic hydroxyl groups excluding tert-OH is 1. The molecule has 0 radical (unpaired) electrons. The largest absolute Gasteiger partial charge is 0.379 e. The summed E-state index contributed by atoms with van der Waals surface area (Å²) in [6, 6.07) is 0.282. The van der Waals surface area contributed by atoms with Crippen LogP contribution in [0.1, 0.15) is 90.4 Å². The zero-order chi connectivity index (χ0) is 21.6. The number of carbonyl (C=O) groups excluding carboxylic acids is 1. The van der Waals surface area contributed by atoms with E-state index in [0.717, 1.165) is 44.6 Å². The number of hydrogen-bond acceptors (Lipinski definition) is 5. The van der Waals surface area contributed by atoms with Gasteiger partial charge in [0.2, 0.25) is 5.91 Å². The van der Waals surface area contributed by atoms with Gasteiger partial charge >= 0.3 is 0 Å². The van der Waals surface area contributed by atoms with Gasteiger partial charge in [-0.05, 0) is 76.4 Å². The Hall–Kier alpha value is -0.690. The Morgan fingerprint density at radius 1 is 1.07 bits per heavy atom. The Bertz CT molecular complexity index is 450. The fourth-order valence-electron chi connectivity index (χ4n) is 5.15. The standard InChI is InChI=1S/C24H48N4O2/c1-20(21-9-3-2-4-10-21)13-14-24(30)27-22(19-28-17-5-6-18-28)11-8-16-26-23(29)12-7-15-25/h20-22,24,27,30H,2-19,25H2,1H3,(H,26,29)/t20?,22-,24?/m0/s1. The van der Waals surface area contributed by atoms with Gasteiger partial charge in [-0.3, -0.25) is 10.1 Å². The summed E-state index contributed by atoms with van der Waals surface area (Å²) in [4.78, 5) is 14.3. The molecule has 0 aromatic heterocycles. The highest BCUT2D eigenvalue weighted by Gasteiger charge is 2.23. The van der Waals surface area contributed by atoms with E-state index in [-0.39, 0.29) is 11.9 Å². The normalized spacial score (nSPS) is 21.4. The van der Waals surface area contributed by atoms with E-state index in [9.17, 15) is 9.90 Å². The molecule has 2 fully saturated rings. The minimum absolute atomic E-state index is 0.0984. The Kier molecular flexibility index (Phi) is 12.9. The van der Waals surface area contributed by atoms with Gasteiger partial charge in [0.1, 0.15) is 6.23 Å². The lowest BCUT2D eigenvalue weighted by Crippen LogP contribution is -2.45. The molecule has 6 nitrogen and oxygen atoms in total. The van der Waals surface area contributed by atoms with Crippen LogP contribution in [-0.4, -0.2) is 60.9 Å². The lowest BCUT2D eigenvalue weighted by atomic mass is 9.79.